The fourth-order valence-corrected chi connectivity index (χ4v) is 1.07. The Morgan fingerprint density at radius 2 is 2.18 bits per heavy atom. The van der Waals surface area contributed by atoms with E-state index >= 15 is 0 Å². The van der Waals surface area contributed by atoms with Gasteiger partial charge in [0.25, 0.3) is 0 Å². The molecule has 0 spiro atoms. The van der Waals surface area contributed by atoms with E-state index in [1.807, 2.05) is 25.1 Å². The molecule has 11 heavy (non-hydrogen) atoms. The van der Waals surface area contributed by atoms with Crippen molar-refractivity contribution in [3.05, 3.63) is 30.0 Å². The predicted octanol–water partition coefficient (Wildman–Crippen LogP) is 1.50. The van der Waals surface area contributed by atoms with Gasteiger partial charge in [0, 0.05) is 25.9 Å². The maximum Gasteiger partial charge on any atom is 0.0496 e. The van der Waals surface area contributed by atoms with Crippen LogP contribution in [0.3, 0.4) is 0 Å². The first kappa shape index (κ1) is 8.45. The molecule has 0 fully saturated rings. The monoisotopic (exact) mass is 318 g/mol. The van der Waals surface area contributed by atoms with Crippen LogP contribution in [0.25, 0.3) is 10.9 Å². The second-order valence-corrected chi connectivity index (χ2v) is 2.36. The van der Waals surface area contributed by atoms with Crippen LogP contribution in [0, 0.1) is 6.92 Å². The van der Waals surface area contributed by atoms with Gasteiger partial charge in [0.15, 0.2) is 0 Å². The SMILES string of the molecule is Cc1cccc2c[n-]nc12.[Re]. The third kappa shape index (κ3) is 1.35. The molecule has 1 radical (unpaired) electrons. The van der Waals surface area contributed by atoms with Gasteiger partial charge in [-0.05, 0) is 17.9 Å². The van der Waals surface area contributed by atoms with Crippen LogP contribution in [-0.2, 0) is 20.4 Å². The molecule has 1 heterocycles. The van der Waals surface area contributed by atoms with Crippen molar-refractivity contribution >= 4 is 10.9 Å². The summed E-state index contributed by atoms with van der Waals surface area (Å²) in [5, 5.41) is 8.91. The summed E-state index contributed by atoms with van der Waals surface area (Å²) >= 11 is 0. The summed E-state index contributed by atoms with van der Waals surface area (Å²) < 4.78 is 0. The third-order valence-corrected chi connectivity index (χ3v) is 1.62. The predicted molar refractivity (Wildman–Crippen MR) is 39.8 cm³/mol. The summed E-state index contributed by atoms with van der Waals surface area (Å²) in [5.41, 5.74) is 2.21. The molecule has 0 aliphatic rings. The van der Waals surface area contributed by atoms with Crippen molar-refractivity contribution in [1.82, 2.24) is 10.2 Å². The Labute approximate surface area is 78.7 Å². The molecule has 0 unspecified atom stereocenters. The molecule has 0 saturated carbocycles. The minimum absolute atomic E-state index is 0. The Kier molecular flexibility index (Phi) is 2.43. The van der Waals surface area contributed by atoms with Crippen LogP contribution in [0.2, 0.25) is 0 Å². The van der Waals surface area contributed by atoms with Crippen molar-refractivity contribution < 1.29 is 20.4 Å². The van der Waals surface area contributed by atoms with Gasteiger partial charge in [-0.1, -0.05) is 18.2 Å². The summed E-state index contributed by atoms with van der Waals surface area (Å²) in [6.07, 6.45) is 1.78. The number of nitrogens with zero attached hydrogens (tertiary/aromatic N) is 2. The zero-order valence-corrected chi connectivity index (χ0v) is 8.80. The van der Waals surface area contributed by atoms with E-state index in [0.29, 0.717) is 0 Å². The maximum atomic E-state index is 3.97. The van der Waals surface area contributed by atoms with Crippen molar-refractivity contribution in [3.63, 3.8) is 0 Å². The molecule has 3 heteroatoms. The first-order valence-corrected chi connectivity index (χ1v) is 3.21. The number of aromatic nitrogens is 2. The number of benzene rings is 1. The zero-order valence-electron chi connectivity index (χ0n) is 6.08. The molecule has 0 amide bonds. The zero-order chi connectivity index (χ0) is 6.97. The summed E-state index contributed by atoms with van der Waals surface area (Å²) in [5.74, 6) is 0. The van der Waals surface area contributed by atoms with E-state index in [1.165, 1.54) is 5.56 Å². The van der Waals surface area contributed by atoms with Gasteiger partial charge < -0.3 is 10.2 Å². The van der Waals surface area contributed by atoms with E-state index in [-0.39, 0.29) is 20.4 Å². The van der Waals surface area contributed by atoms with Crippen LogP contribution in [0.15, 0.2) is 24.4 Å². The van der Waals surface area contributed by atoms with E-state index in [4.69, 9.17) is 0 Å². The summed E-state index contributed by atoms with van der Waals surface area (Å²) in [6.45, 7) is 2.04. The van der Waals surface area contributed by atoms with Gasteiger partial charge in [-0.3, -0.25) is 0 Å². The minimum Gasteiger partial charge on any atom is -0.581 e. The van der Waals surface area contributed by atoms with E-state index in [9.17, 15) is 0 Å². The van der Waals surface area contributed by atoms with E-state index in [1.54, 1.807) is 6.20 Å². The fourth-order valence-electron chi connectivity index (χ4n) is 1.07. The van der Waals surface area contributed by atoms with Gasteiger partial charge >= 0.3 is 0 Å². The van der Waals surface area contributed by atoms with Crippen LogP contribution in [-0.4, -0.2) is 5.10 Å². The molecule has 57 valence electrons. The Bertz CT molecular complexity index is 354. The molecular formula is C8H7N2Re-. The van der Waals surface area contributed by atoms with Gasteiger partial charge in [-0.2, -0.15) is 6.20 Å². The Morgan fingerprint density at radius 3 is 2.91 bits per heavy atom. The Hall–Kier alpha value is -0.648. The second kappa shape index (κ2) is 3.17. The average Bonchev–Trinajstić information content (AvgIpc) is 2.36. The number of hydrogen-bond acceptors (Lipinski definition) is 1. The Morgan fingerprint density at radius 1 is 1.36 bits per heavy atom. The molecule has 0 N–H and O–H groups in total. The molecule has 0 atom stereocenters. The molecule has 0 saturated heterocycles. The topological polar surface area (TPSA) is 27.0 Å². The van der Waals surface area contributed by atoms with Crippen molar-refractivity contribution in [1.29, 1.82) is 0 Å². The van der Waals surface area contributed by atoms with Crippen molar-refractivity contribution in [2.24, 2.45) is 0 Å². The van der Waals surface area contributed by atoms with E-state index in [2.05, 4.69) is 10.2 Å². The smallest absolute Gasteiger partial charge is 0.0496 e. The average molecular weight is 317 g/mol. The normalized spacial score (nSPS) is 9.55. The van der Waals surface area contributed by atoms with Gasteiger partial charge in [-0.15, -0.1) is 0 Å². The number of aryl methyl sites for hydroxylation is 1. The fraction of sp³-hybridized carbons (Fsp3) is 0.125. The molecule has 0 aliphatic heterocycles. The van der Waals surface area contributed by atoms with Gasteiger partial charge in [0.1, 0.15) is 0 Å². The van der Waals surface area contributed by atoms with Crippen LogP contribution in [0.5, 0.6) is 0 Å². The van der Waals surface area contributed by atoms with E-state index in [0.717, 1.165) is 10.9 Å². The third-order valence-electron chi connectivity index (χ3n) is 1.62. The molecule has 0 bridgehead atoms. The number of rotatable bonds is 0. The van der Waals surface area contributed by atoms with Crippen molar-refractivity contribution in [3.8, 4) is 0 Å². The first-order chi connectivity index (χ1) is 4.88. The minimum atomic E-state index is 0. The molecular weight excluding hydrogens is 310 g/mol. The summed E-state index contributed by atoms with van der Waals surface area (Å²) in [7, 11) is 0. The standard InChI is InChI=1S/C8H7N2.Re/c1-6-3-2-4-7-5-9-10-8(6)7;/h2-5H,1H3;/q-1;. The summed E-state index contributed by atoms with van der Waals surface area (Å²) in [6, 6.07) is 6.07. The van der Waals surface area contributed by atoms with Crippen LogP contribution < -0.4 is 5.10 Å². The van der Waals surface area contributed by atoms with Gasteiger partial charge in [0.05, 0.1) is 0 Å². The van der Waals surface area contributed by atoms with Gasteiger partial charge in [-0.25, -0.2) is 0 Å². The van der Waals surface area contributed by atoms with Crippen LogP contribution in [0.1, 0.15) is 5.56 Å². The second-order valence-electron chi connectivity index (χ2n) is 2.36. The molecule has 0 aliphatic carbocycles. The van der Waals surface area contributed by atoms with Crippen LogP contribution in [0.4, 0.5) is 0 Å². The maximum absolute atomic E-state index is 3.97. The molecule has 1 aromatic carbocycles. The van der Waals surface area contributed by atoms with Crippen molar-refractivity contribution in [2.45, 2.75) is 6.92 Å². The van der Waals surface area contributed by atoms with Crippen molar-refractivity contribution in [2.75, 3.05) is 0 Å². The Balaban J connectivity index is 0.000000605. The van der Waals surface area contributed by atoms with Gasteiger partial charge in [0.2, 0.25) is 0 Å². The van der Waals surface area contributed by atoms with Crippen LogP contribution >= 0.6 is 0 Å². The van der Waals surface area contributed by atoms with E-state index < -0.39 is 0 Å². The number of fused-ring (bicyclic) bond motifs is 1. The quantitative estimate of drug-likeness (QED) is 0.736. The molecule has 2 nitrogen and oxygen atoms in total. The first-order valence-electron chi connectivity index (χ1n) is 3.21. The number of hydrogen-bond donors (Lipinski definition) is 0. The molecule has 2 rings (SSSR count). The largest absolute Gasteiger partial charge is 0.581 e. The molecule has 1 aromatic heterocycles. The summed E-state index contributed by atoms with van der Waals surface area (Å²) in [4.78, 5) is 0. The molecule has 2 aromatic rings.